The lowest BCUT2D eigenvalue weighted by atomic mass is 10.1. The molecule has 1 aromatic heterocycles. The van der Waals surface area contributed by atoms with Gasteiger partial charge in [-0.2, -0.15) is 0 Å². The molecular weight excluding hydrogens is 287 g/mol. The van der Waals surface area contributed by atoms with Crippen LogP contribution in [-0.4, -0.2) is 16.3 Å². The third kappa shape index (κ3) is 3.03. The number of benzene rings is 2. The van der Waals surface area contributed by atoms with Gasteiger partial charge in [0.2, 0.25) is 0 Å². The summed E-state index contributed by atoms with van der Waals surface area (Å²) in [4.78, 5) is 18.8. The van der Waals surface area contributed by atoms with E-state index in [0.29, 0.717) is 10.7 Å². The predicted molar refractivity (Wildman–Crippen MR) is 79.9 cm³/mol. The topological polar surface area (TPSA) is 45.8 Å². The van der Waals surface area contributed by atoms with E-state index in [4.69, 9.17) is 0 Å². The maximum Gasteiger partial charge on any atom is 0.169 e. The molecule has 0 bridgehead atoms. The minimum Gasteiger partial charge on any atom is -0.341 e. The van der Waals surface area contributed by atoms with Gasteiger partial charge in [0.15, 0.2) is 6.29 Å². The number of aromatic amines is 1. The fraction of sp³-hybridized carbons (Fsp3) is 0. The first-order chi connectivity index (χ1) is 10.3. The number of carbonyl (C=O) groups is 1. The van der Waals surface area contributed by atoms with Gasteiger partial charge in [0.05, 0.1) is 6.33 Å². The zero-order valence-electron chi connectivity index (χ0n) is 10.9. The van der Waals surface area contributed by atoms with Crippen molar-refractivity contribution in [3.63, 3.8) is 0 Å². The van der Waals surface area contributed by atoms with Crippen LogP contribution in [0.25, 0.3) is 11.1 Å². The normalized spacial score (nSPS) is 10.5. The number of H-pyrrole nitrogens is 1. The van der Waals surface area contributed by atoms with Crippen molar-refractivity contribution in [2.75, 3.05) is 0 Å². The number of nitrogens with one attached hydrogen (secondary N) is 1. The molecule has 0 aliphatic carbocycles. The summed E-state index contributed by atoms with van der Waals surface area (Å²) in [7, 11) is 0. The molecule has 0 spiro atoms. The zero-order valence-corrected chi connectivity index (χ0v) is 11.7. The Morgan fingerprint density at radius 1 is 1.10 bits per heavy atom. The summed E-state index contributed by atoms with van der Waals surface area (Å²) in [5.74, 6) is -0.253. The lowest BCUT2D eigenvalue weighted by molar-refractivity contribution is 0.111. The first-order valence-corrected chi connectivity index (χ1v) is 7.10. The molecule has 21 heavy (non-hydrogen) atoms. The predicted octanol–water partition coefficient (Wildman–Crippen LogP) is 4.18. The molecule has 0 fully saturated rings. The second-order valence-electron chi connectivity index (χ2n) is 4.38. The highest BCUT2D eigenvalue weighted by atomic mass is 32.2. The van der Waals surface area contributed by atoms with E-state index in [2.05, 4.69) is 9.97 Å². The standard InChI is InChI=1S/C16H11FN2OS/c17-13-6-4-11(5-7-13)12-2-1-3-14(8-12)21-16-15(9-20)18-10-19-16/h1-10H,(H,18,19). The SMILES string of the molecule is O=Cc1[nH]cnc1Sc1cccc(-c2ccc(F)cc2)c1. The molecule has 0 aliphatic rings. The molecule has 0 radical (unpaired) electrons. The molecule has 0 atom stereocenters. The smallest absolute Gasteiger partial charge is 0.169 e. The number of nitrogens with zero attached hydrogens (tertiary/aromatic N) is 1. The summed E-state index contributed by atoms with van der Waals surface area (Å²) in [5.41, 5.74) is 2.40. The zero-order chi connectivity index (χ0) is 14.7. The van der Waals surface area contributed by atoms with Crippen molar-refractivity contribution in [1.29, 1.82) is 0 Å². The molecule has 0 unspecified atom stereocenters. The lowest BCUT2D eigenvalue weighted by Gasteiger charge is -2.05. The molecule has 1 N–H and O–H groups in total. The van der Waals surface area contributed by atoms with Crippen LogP contribution in [0.5, 0.6) is 0 Å². The monoisotopic (exact) mass is 298 g/mol. The van der Waals surface area contributed by atoms with Gasteiger partial charge < -0.3 is 4.98 Å². The third-order valence-electron chi connectivity index (χ3n) is 2.98. The number of aldehydes is 1. The van der Waals surface area contributed by atoms with E-state index >= 15 is 0 Å². The van der Waals surface area contributed by atoms with Crippen LogP contribution in [0.3, 0.4) is 0 Å². The molecular formula is C16H11FN2OS. The van der Waals surface area contributed by atoms with E-state index in [1.54, 1.807) is 12.1 Å². The lowest BCUT2D eigenvalue weighted by Crippen LogP contribution is -1.84. The van der Waals surface area contributed by atoms with Crippen LogP contribution in [-0.2, 0) is 0 Å². The van der Waals surface area contributed by atoms with E-state index in [-0.39, 0.29) is 5.82 Å². The molecule has 0 saturated carbocycles. The Labute approximate surface area is 125 Å². The van der Waals surface area contributed by atoms with Crippen LogP contribution in [0.4, 0.5) is 4.39 Å². The van der Waals surface area contributed by atoms with Gasteiger partial charge in [0, 0.05) is 4.90 Å². The number of rotatable bonds is 4. The van der Waals surface area contributed by atoms with Crippen molar-refractivity contribution < 1.29 is 9.18 Å². The summed E-state index contributed by atoms with van der Waals surface area (Å²) < 4.78 is 13.0. The van der Waals surface area contributed by atoms with Gasteiger partial charge in [-0.15, -0.1) is 0 Å². The molecule has 3 nitrogen and oxygen atoms in total. The molecule has 5 heteroatoms. The van der Waals surface area contributed by atoms with Gasteiger partial charge in [-0.1, -0.05) is 36.0 Å². The maximum absolute atomic E-state index is 13.0. The Morgan fingerprint density at radius 2 is 1.90 bits per heavy atom. The molecule has 0 aliphatic heterocycles. The molecule has 104 valence electrons. The minimum atomic E-state index is -0.253. The Balaban J connectivity index is 1.89. The fourth-order valence-electron chi connectivity index (χ4n) is 1.95. The first-order valence-electron chi connectivity index (χ1n) is 6.28. The quantitative estimate of drug-likeness (QED) is 0.735. The van der Waals surface area contributed by atoms with E-state index in [9.17, 15) is 9.18 Å². The second kappa shape index (κ2) is 5.93. The number of aromatic nitrogens is 2. The van der Waals surface area contributed by atoms with Gasteiger partial charge in [-0.3, -0.25) is 4.79 Å². The molecule has 3 rings (SSSR count). The number of imidazole rings is 1. The van der Waals surface area contributed by atoms with Crippen molar-refractivity contribution in [1.82, 2.24) is 9.97 Å². The van der Waals surface area contributed by atoms with Crippen LogP contribution >= 0.6 is 11.8 Å². The number of hydrogen-bond acceptors (Lipinski definition) is 3. The van der Waals surface area contributed by atoms with Gasteiger partial charge in [0.25, 0.3) is 0 Å². The highest BCUT2D eigenvalue weighted by Crippen LogP contribution is 2.31. The Bertz CT molecular complexity index is 768. The van der Waals surface area contributed by atoms with Gasteiger partial charge in [-0.05, 0) is 35.4 Å². The van der Waals surface area contributed by atoms with Crippen LogP contribution < -0.4 is 0 Å². The van der Waals surface area contributed by atoms with Gasteiger partial charge in [0.1, 0.15) is 16.5 Å². The maximum atomic E-state index is 13.0. The Morgan fingerprint density at radius 3 is 2.67 bits per heavy atom. The molecule has 0 saturated heterocycles. The third-order valence-corrected chi connectivity index (χ3v) is 3.98. The molecule has 0 amide bonds. The van der Waals surface area contributed by atoms with Crippen molar-refractivity contribution in [2.24, 2.45) is 0 Å². The largest absolute Gasteiger partial charge is 0.341 e. The Kier molecular flexibility index (Phi) is 3.83. The summed E-state index contributed by atoms with van der Waals surface area (Å²) in [6.07, 6.45) is 2.25. The van der Waals surface area contributed by atoms with Crippen LogP contribution in [0.1, 0.15) is 10.5 Å². The van der Waals surface area contributed by atoms with E-state index in [1.807, 2.05) is 24.3 Å². The minimum absolute atomic E-state index is 0.253. The number of halogens is 1. The van der Waals surface area contributed by atoms with Crippen LogP contribution in [0.2, 0.25) is 0 Å². The number of hydrogen-bond donors (Lipinski definition) is 1. The summed E-state index contributed by atoms with van der Waals surface area (Å²) in [5, 5.41) is 0.640. The average Bonchev–Trinajstić information content (AvgIpc) is 2.95. The van der Waals surface area contributed by atoms with Crippen molar-refractivity contribution in [3.05, 3.63) is 66.4 Å². The van der Waals surface area contributed by atoms with Gasteiger partial charge >= 0.3 is 0 Å². The van der Waals surface area contributed by atoms with E-state index in [1.165, 1.54) is 30.2 Å². The first kappa shape index (κ1) is 13.6. The second-order valence-corrected chi connectivity index (χ2v) is 5.44. The van der Waals surface area contributed by atoms with Crippen molar-refractivity contribution in [2.45, 2.75) is 9.92 Å². The number of carbonyl (C=O) groups excluding carboxylic acids is 1. The fourth-order valence-corrected chi connectivity index (χ4v) is 2.83. The highest BCUT2D eigenvalue weighted by Gasteiger charge is 2.07. The molecule has 2 aromatic carbocycles. The van der Waals surface area contributed by atoms with Crippen molar-refractivity contribution >= 4 is 18.0 Å². The van der Waals surface area contributed by atoms with Crippen LogP contribution in [0.15, 0.2) is 64.8 Å². The van der Waals surface area contributed by atoms with Gasteiger partial charge in [-0.25, -0.2) is 9.37 Å². The Hall–Kier alpha value is -2.40. The molecule has 1 heterocycles. The van der Waals surface area contributed by atoms with Crippen molar-refractivity contribution in [3.8, 4) is 11.1 Å². The van der Waals surface area contributed by atoms with E-state index < -0.39 is 0 Å². The van der Waals surface area contributed by atoms with Crippen LogP contribution in [0, 0.1) is 5.82 Å². The van der Waals surface area contributed by atoms with E-state index in [0.717, 1.165) is 22.3 Å². The summed E-state index contributed by atoms with van der Waals surface area (Å²) in [6, 6.07) is 14.2. The summed E-state index contributed by atoms with van der Waals surface area (Å²) >= 11 is 1.41. The summed E-state index contributed by atoms with van der Waals surface area (Å²) in [6.45, 7) is 0. The molecule has 3 aromatic rings. The highest BCUT2D eigenvalue weighted by molar-refractivity contribution is 7.99. The average molecular weight is 298 g/mol.